The molecule has 760 valence electrons. The van der Waals surface area contributed by atoms with E-state index < -0.39 is 330 Å². The summed E-state index contributed by atoms with van der Waals surface area (Å²) < 4.78 is 116. The van der Waals surface area contributed by atoms with Crippen molar-refractivity contribution in [3.63, 3.8) is 0 Å². The molecule has 40 atom stereocenters. The van der Waals surface area contributed by atoms with Gasteiger partial charge < -0.3 is 238 Å². The van der Waals surface area contributed by atoms with Gasteiger partial charge in [-0.05, 0) is 97.1 Å². The molecule has 0 unspecified atom stereocenters. The second kappa shape index (κ2) is 51.0. The van der Waals surface area contributed by atoms with Crippen molar-refractivity contribution in [1.82, 2.24) is 0 Å². The zero-order valence-corrected chi connectivity index (χ0v) is 72.8. The van der Waals surface area contributed by atoms with Gasteiger partial charge in [-0.25, -0.2) is 0 Å². The molecule has 137 heavy (non-hydrogen) atoms. The molecule has 0 aromatic heterocycles. The van der Waals surface area contributed by atoms with Crippen molar-refractivity contribution < 1.29 is 238 Å². The molecule has 8 heterocycles. The van der Waals surface area contributed by atoms with Crippen molar-refractivity contribution >= 4 is 0 Å². The molecule has 48 nitrogen and oxygen atoms in total. The third kappa shape index (κ3) is 26.9. The maximum Gasteiger partial charge on any atom is 0.187 e. The highest BCUT2D eigenvalue weighted by molar-refractivity contribution is 5.42. The number of aliphatic hydroxyl groups excluding tert-OH is 28. The first-order chi connectivity index (χ1) is 65.8. The van der Waals surface area contributed by atoms with E-state index in [9.17, 15) is 143 Å². The van der Waals surface area contributed by atoms with Crippen LogP contribution in [0.1, 0.15) is 22.3 Å². The fourth-order valence-electron chi connectivity index (χ4n) is 15.6. The Balaban J connectivity index is 0.746. The van der Waals surface area contributed by atoms with Crippen molar-refractivity contribution in [2.24, 2.45) is 5.41 Å². The lowest BCUT2D eigenvalue weighted by atomic mass is 9.92. The second-order valence-corrected chi connectivity index (χ2v) is 33.2. The van der Waals surface area contributed by atoms with Gasteiger partial charge in [-0.15, -0.1) is 0 Å². The van der Waals surface area contributed by atoms with Crippen LogP contribution in [-0.4, -0.2) is 494 Å². The van der Waals surface area contributed by atoms with Crippen LogP contribution in [0.3, 0.4) is 0 Å². The van der Waals surface area contributed by atoms with Crippen LogP contribution in [0.15, 0.2) is 97.1 Å². The van der Waals surface area contributed by atoms with Gasteiger partial charge in [-0.2, -0.15) is 0 Å². The Morgan fingerprint density at radius 1 is 0.204 bits per heavy atom. The summed E-state index contributed by atoms with van der Waals surface area (Å²) in [7, 11) is 0. The minimum atomic E-state index is -1.89. The molecule has 8 fully saturated rings. The lowest BCUT2D eigenvalue weighted by molar-refractivity contribution is -0.358. The Morgan fingerprint density at radius 2 is 0.372 bits per heavy atom. The minimum Gasteiger partial charge on any atom is -0.493 e. The Morgan fingerprint density at radius 3 is 0.547 bits per heavy atom. The van der Waals surface area contributed by atoms with Gasteiger partial charge in [0.15, 0.2) is 50.3 Å². The predicted octanol–water partition coefficient (Wildman–Crippen LogP) is -13.7. The first-order valence-electron chi connectivity index (χ1n) is 43.5. The maximum atomic E-state index is 11.1. The molecule has 28 N–H and O–H groups in total. The van der Waals surface area contributed by atoms with Gasteiger partial charge in [0.1, 0.15) is 277 Å². The first-order valence-corrected chi connectivity index (χ1v) is 43.5. The second-order valence-electron chi connectivity index (χ2n) is 33.2. The topological polar surface area (TPSA) is 751 Å². The van der Waals surface area contributed by atoms with Crippen LogP contribution in [0.5, 0.6) is 23.0 Å². The summed E-state index contributed by atoms with van der Waals surface area (Å²) in [6, 6.07) is 25.5. The van der Waals surface area contributed by atoms with Gasteiger partial charge in [0.05, 0.1) is 52.9 Å². The number of hydrogen-bond acceptors (Lipinski definition) is 48. The van der Waals surface area contributed by atoms with Gasteiger partial charge >= 0.3 is 0 Å². The third-order valence-corrected chi connectivity index (χ3v) is 23.6. The van der Waals surface area contributed by atoms with E-state index in [0.29, 0.717) is 22.3 Å². The minimum absolute atomic E-state index is 0.244. The lowest BCUT2D eigenvalue weighted by Crippen LogP contribution is -2.64. The number of aliphatic hydroxyl groups is 28. The smallest absolute Gasteiger partial charge is 0.187 e. The molecule has 0 amide bonds. The highest BCUT2D eigenvalue weighted by atomic mass is 16.8. The molecule has 12 rings (SSSR count). The monoisotopic (exact) mass is 1950 g/mol. The molecule has 0 spiro atoms. The SMILES string of the molecule is OC[C@H]1O[C@@H](O[C@H]2[C@H](O)[C@@H](O)[C@H](OCC#Cc3ccc(OCC(COc4ccc(C#CCO[C@@H]5O[C@H](CO)[C@@H](O[C@@H]6O[C@H](CO)[C@H](O)[C@H](O)[C@H]6O)[C@H](O)[C@H]5O)cc4)(COc4ccc(C#CCO[C@@H]5O[C@H](CO)[C@@H](O[C@@H]6O[C@H](CO)[C@H](O)[C@H](O)[C@H]6O)[C@H](O)[C@H]5O)cc4)COc4ccc(C#CCO[C@@H]5O[C@H](CO)[C@@H](O[C@@H]6O[C@H](CO)[C@H](O)[C@H](O)[C@H]6O)[C@H](O)[C@H]5O)cc4)cc3)O[C@@H]2CO)[C@H](O)[C@@H](O)[C@H]1O. The summed E-state index contributed by atoms with van der Waals surface area (Å²) in [6.07, 6.45) is -67.6. The number of ether oxygens (including phenoxy) is 20. The summed E-state index contributed by atoms with van der Waals surface area (Å²) in [6.45, 7) is -9.06. The molecular formula is C89H116O48. The summed E-state index contributed by atoms with van der Waals surface area (Å²) in [5.41, 5.74) is 0.324. The van der Waals surface area contributed by atoms with Crippen molar-refractivity contribution in [3.05, 3.63) is 119 Å². The molecule has 8 saturated heterocycles. The van der Waals surface area contributed by atoms with Crippen LogP contribution >= 0.6 is 0 Å². The van der Waals surface area contributed by atoms with E-state index >= 15 is 0 Å². The van der Waals surface area contributed by atoms with Crippen LogP contribution < -0.4 is 18.9 Å². The number of rotatable bonds is 36. The Kier molecular flexibility index (Phi) is 40.3. The Hall–Kier alpha value is -7.44. The molecular weight excluding hydrogens is 1840 g/mol. The fourth-order valence-corrected chi connectivity index (χ4v) is 15.6. The van der Waals surface area contributed by atoms with E-state index in [-0.39, 0.29) is 49.4 Å². The van der Waals surface area contributed by atoms with Crippen molar-refractivity contribution in [2.75, 3.05) is 106 Å². The first kappa shape index (κ1) is 108. The molecule has 8 aliphatic heterocycles. The standard InChI is InChI=1S/C89H116O48/c90-29-49-57(98)61(102)69(110)85(126-49)134-77-53(33-94)130-81(73(114)65(77)106)118-25-1-5-41-9-17-45(18-10-41)122-37-89(38-123-46-19-11-42(12-20-46)6-2-26-119-82-74(115)66(107)78(54(34-95)131-82)135-86-70(111)62(103)58(99)50(30-91)127-86,39-124-47-21-13-43(14-22-47)7-3-27-120-83-75(116)67(108)79(55(35-96)132-83)136-87-71(112)63(104)59(100)51(31-92)128-87)40-125-48-23-15-44(16-24-48)8-4-28-121-84-76(117)68(109)80(56(36-97)133-84)137-88-72(113)64(105)60(101)52(32-93)129-88/h9-24,49-88,90-117H,25-40H2/t49-,50-,51-,52-,53-,54-,55-,56-,57+,58+,59+,60+,61+,62+,63+,64+,65-,66-,67-,68-,69-,70-,71-,72-,73-,74-,75-,76-,77-,78-,79-,80-,81-,82-,83-,84-,85+,86+,87+,88+/m1/s1. The van der Waals surface area contributed by atoms with Gasteiger partial charge in [0.2, 0.25) is 0 Å². The van der Waals surface area contributed by atoms with Crippen LogP contribution in [0.2, 0.25) is 0 Å². The predicted molar refractivity (Wildman–Crippen MR) is 447 cm³/mol. The van der Waals surface area contributed by atoms with Crippen LogP contribution in [0.25, 0.3) is 0 Å². The van der Waals surface area contributed by atoms with Crippen LogP contribution in [0.4, 0.5) is 0 Å². The lowest BCUT2D eigenvalue weighted by Gasteiger charge is -2.45. The van der Waals surface area contributed by atoms with Crippen molar-refractivity contribution in [3.8, 4) is 70.4 Å². The molecule has 4 aromatic rings. The van der Waals surface area contributed by atoms with Crippen LogP contribution in [0, 0.1) is 52.8 Å². The fraction of sp³-hybridized carbons (Fsp3) is 0.640. The average Bonchev–Trinajstić information content (AvgIpc) is 0.779. The maximum absolute atomic E-state index is 11.1. The quantitative estimate of drug-likeness (QED) is 0.0188. The molecule has 8 aliphatic rings. The highest BCUT2D eigenvalue weighted by Crippen LogP contribution is 2.37. The van der Waals surface area contributed by atoms with E-state index in [1.807, 2.05) is 0 Å². The van der Waals surface area contributed by atoms with Gasteiger partial charge in [-0.3, -0.25) is 0 Å². The number of hydrogen-bond donors (Lipinski definition) is 28. The molecule has 4 aromatic carbocycles. The normalized spacial score (nSPS) is 38.5. The number of benzene rings is 4. The van der Waals surface area contributed by atoms with E-state index in [0.717, 1.165) is 0 Å². The molecule has 0 bridgehead atoms. The molecule has 0 radical (unpaired) electrons. The Bertz CT molecular complexity index is 4000. The summed E-state index contributed by atoms with van der Waals surface area (Å²) in [5.74, 6) is 23.9. The highest BCUT2D eigenvalue weighted by Gasteiger charge is 2.57. The van der Waals surface area contributed by atoms with E-state index in [2.05, 4.69) is 47.4 Å². The van der Waals surface area contributed by atoms with Crippen molar-refractivity contribution in [2.45, 2.75) is 246 Å². The summed E-state index contributed by atoms with van der Waals surface area (Å²) in [5, 5.41) is 293. The largest absolute Gasteiger partial charge is 0.493 e. The zero-order valence-electron chi connectivity index (χ0n) is 72.8. The van der Waals surface area contributed by atoms with E-state index in [1.54, 1.807) is 97.1 Å². The molecule has 0 saturated carbocycles. The third-order valence-electron chi connectivity index (χ3n) is 23.6. The van der Waals surface area contributed by atoms with Gasteiger partial charge in [-0.1, -0.05) is 47.4 Å². The average molecular weight is 1950 g/mol. The van der Waals surface area contributed by atoms with Gasteiger partial charge in [0.25, 0.3) is 0 Å². The zero-order chi connectivity index (χ0) is 98.6. The van der Waals surface area contributed by atoms with Crippen LogP contribution in [-0.2, 0) is 75.8 Å². The molecule has 0 aliphatic carbocycles. The Labute approximate surface area is 781 Å². The summed E-state index contributed by atoms with van der Waals surface area (Å²) >= 11 is 0. The van der Waals surface area contributed by atoms with Crippen molar-refractivity contribution in [1.29, 1.82) is 0 Å². The molecule has 48 heteroatoms. The van der Waals surface area contributed by atoms with E-state index in [4.69, 9.17) is 94.7 Å². The summed E-state index contributed by atoms with van der Waals surface area (Å²) in [4.78, 5) is 0. The van der Waals surface area contributed by atoms with Gasteiger partial charge in [0, 0.05) is 22.3 Å². The van der Waals surface area contributed by atoms with E-state index in [1.165, 1.54) is 0 Å².